The quantitative estimate of drug-likeness (QED) is 0.269. The minimum Gasteiger partial charge on any atom is -0.295 e. The van der Waals surface area contributed by atoms with Gasteiger partial charge in [-0.2, -0.15) is 0 Å². The highest BCUT2D eigenvalue weighted by Crippen LogP contribution is 2.32. The van der Waals surface area contributed by atoms with Gasteiger partial charge in [-0.15, -0.1) is 0 Å². The molecule has 0 aromatic carbocycles. The van der Waals surface area contributed by atoms with Crippen LogP contribution in [0, 0.1) is 47.3 Å². The number of allylic oxidation sites excluding steroid dienone is 10. The molecule has 5 aliphatic rings. The number of hydrogen-bond acceptors (Lipinski definition) is 5. The summed E-state index contributed by atoms with van der Waals surface area (Å²) in [4.78, 5) is 56.4. The van der Waals surface area contributed by atoms with Crippen molar-refractivity contribution in [3.63, 3.8) is 0 Å². The smallest absolute Gasteiger partial charge is 0.159 e. The minimum atomic E-state index is 0.241. The second-order valence-electron chi connectivity index (χ2n) is 17.4. The van der Waals surface area contributed by atoms with E-state index in [4.69, 9.17) is 0 Å². The predicted octanol–water partition coefficient (Wildman–Crippen LogP) is 13.1. The zero-order chi connectivity index (χ0) is 42.0. The van der Waals surface area contributed by atoms with Crippen LogP contribution in [0.4, 0.5) is 0 Å². The van der Waals surface area contributed by atoms with Crippen molar-refractivity contribution >= 4 is 28.9 Å². The molecule has 5 rings (SSSR count). The molecule has 0 aromatic rings. The van der Waals surface area contributed by atoms with Gasteiger partial charge in [0.25, 0.3) is 0 Å². The molecule has 0 saturated carbocycles. The molecule has 0 spiro atoms. The first-order valence-electron chi connectivity index (χ1n) is 22.0. The zero-order valence-electron chi connectivity index (χ0n) is 37.7. The van der Waals surface area contributed by atoms with Crippen molar-refractivity contribution in [2.75, 3.05) is 0 Å². The molecule has 0 bridgehead atoms. The fourth-order valence-corrected chi connectivity index (χ4v) is 8.36. The Balaban J connectivity index is 0.000000345. The molecule has 8 atom stereocenters. The largest absolute Gasteiger partial charge is 0.295 e. The summed E-state index contributed by atoms with van der Waals surface area (Å²) in [7, 11) is 0. The molecule has 55 heavy (non-hydrogen) atoms. The standard InChI is InChI=1S/2C11H18O.2C10H16O.C8H12O/c1-4-9-6-8(3)10(5-2)11(12)7-9;1-4-9-6-8(3)7-11(12)10(9)5-2;1-4-9-5-7(2)8(3)10(11)6-9;1-4-9-5-7(2)6-10(11)8(9)3;1-6-3-4-8(9)5-7(6)2/h7-8,10H,4-6H2,1-3H3;8H,4-7H2,1-3H3;6-8H,4-5H2,1-3H3;7H,4-6H2,1-3H3;3-4,6-7H,5H2,1-2H3. The topological polar surface area (TPSA) is 85.3 Å². The highest BCUT2D eigenvalue weighted by atomic mass is 16.1. The molecule has 0 aliphatic heterocycles. The molecule has 0 saturated heterocycles. The van der Waals surface area contributed by atoms with Gasteiger partial charge in [0.2, 0.25) is 0 Å². The average Bonchev–Trinajstić information content (AvgIpc) is 3.14. The first kappa shape index (κ1) is 50.1. The van der Waals surface area contributed by atoms with Gasteiger partial charge in [-0.25, -0.2) is 0 Å². The van der Waals surface area contributed by atoms with Crippen molar-refractivity contribution in [2.24, 2.45) is 47.3 Å². The zero-order valence-corrected chi connectivity index (χ0v) is 37.7. The van der Waals surface area contributed by atoms with Gasteiger partial charge in [0, 0.05) is 31.1 Å². The number of carbonyl (C=O) groups is 5. The lowest BCUT2D eigenvalue weighted by Crippen LogP contribution is -2.24. The van der Waals surface area contributed by atoms with Crippen molar-refractivity contribution < 1.29 is 24.0 Å². The second kappa shape index (κ2) is 25.3. The lowest BCUT2D eigenvalue weighted by molar-refractivity contribution is -0.120. The van der Waals surface area contributed by atoms with E-state index in [0.717, 1.165) is 94.6 Å². The van der Waals surface area contributed by atoms with E-state index in [9.17, 15) is 24.0 Å². The molecular formula is C50H80O5. The Labute approximate surface area is 337 Å². The highest BCUT2D eigenvalue weighted by Gasteiger charge is 2.27. The van der Waals surface area contributed by atoms with Crippen molar-refractivity contribution in [3.05, 3.63) is 57.7 Å². The van der Waals surface area contributed by atoms with Gasteiger partial charge in [0.15, 0.2) is 28.9 Å². The van der Waals surface area contributed by atoms with E-state index < -0.39 is 0 Å². The normalized spacial score (nSPS) is 29.4. The van der Waals surface area contributed by atoms with Crippen molar-refractivity contribution in [1.82, 2.24) is 0 Å². The molecule has 0 fully saturated rings. The number of Topliss-reactive ketones (excluding diaryl/α,β-unsaturated/α-hetero) is 2. The molecule has 5 heteroatoms. The third-order valence-corrected chi connectivity index (χ3v) is 12.7. The van der Waals surface area contributed by atoms with Gasteiger partial charge >= 0.3 is 0 Å². The maximum absolute atomic E-state index is 11.5. The Morgan fingerprint density at radius 3 is 1.47 bits per heavy atom. The third kappa shape index (κ3) is 16.6. The monoisotopic (exact) mass is 761 g/mol. The van der Waals surface area contributed by atoms with Crippen LogP contribution < -0.4 is 0 Å². The van der Waals surface area contributed by atoms with Gasteiger partial charge in [-0.3, -0.25) is 24.0 Å². The summed E-state index contributed by atoms with van der Waals surface area (Å²) in [5.74, 6) is 5.62. The van der Waals surface area contributed by atoms with Gasteiger partial charge in [0.05, 0.1) is 0 Å². The molecule has 0 radical (unpaired) electrons. The van der Waals surface area contributed by atoms with Gasteiger partial charge in [-0.05, 0) is 136 Å². The average molecular weight is 761 g/mol. The van der Waals surface area contributed by atoms with E-state index in [1.165, 1.54) is 22.3 Å². The Morgan fingerprint density at radius 1 is 0.527 bits per heavy atom. The summed E-state index contributed by atoms with van der Waals surface area (Å²) in [5, 5.41) is 0. The van der Waals surface area contributed by atoms with Crippen LogP contribution in [-0.4, -0.2) is 28.9 Å². The van der Waals surface area contributed by atoms with Gasteiger partial charge < -0.3 is 0 Å². The predicted molar refractivity (Wildman–Crippen MR) is 232 cm³/mol. The maximum atomic E-state index is 11.5. The number of hydrogen-bond donors (Lipinski definition) is 0. The summed E-state index contributed by atoms with van der Waals surface area (Å²) in [5.41, 5.74) is 7.58. The van der Waals surface area contributed by atoms with Crippen LogP contribution in [0.15, 0.2) is 57.7 Å². The fraction of sp³-hybridized carbons (Fsp3) is 0.700. The van der Waals surface area contributed by atoms with Gasteiger partial charge in [0.1, 0.15) is 0 Å². The molecule has 0 amide bonds. The van der Waals surface area contributed by atoms with E-state index in [1.807, 2.05) is 32.1 Å². The molecule has 8 unspecified atom stereocenters. The number of rotatable bonds is 6. The summed E-state index contributed by atoms with van der Waals surface area (Å²) in [6.45, 7) is 29.6. The van der Waals surface area contributed by atoms with E-state index in [2.05, 4.69) is 83.1 Å². The molecular weight excluding hydrogens is 681 g/mol. The third-order valence-electron chi connectivity index (χ3n) is 12.7. The molecule has 0 N–H and O–H groups in total. The number of ketones is 5. The first-order valence-corrected chi connectivity index (χ1v) is 22.0. The lowest BCUT2D eigenvalue weighted by Gasteiger charge is -2.26. The minimum absolute atomic E-state index is 0.241. The van der Waals surface area contributed by atoms with E-state index >= 15 is 0 Å². The Bertz CT molecular complexity index is 1460. The summed E-state index contributed by atoms with van der Waals surface area (Å²) >= 11 is 0. The SMILES string of the molecule is CC1C=CC(=O)CC1C.CCC1=C(C)C(=O)CC(C)C1.CCC1=C(CC)C(=O)CC(C)C1.CCC1=CC(=O)C(C)C(C)C1.CCC1=CC(=O)C(CC)C(C)C1. The van der Waals surface area contributed by atoms with E-state index in [1.54, 1.807) is 6.08 Å². The van der Waals surface area contributed by atoms with Crippen LogP contribution in [0.3, 0.4) is 0 Å². The lowest BCUT2D eigenvalue weighted by atomic mass is 9.78. The van der Waals surface area contributed by atoms with Crippen LogP contribution in [0.2, 0.25) is 0 Å². The summed E-state index contributed by atoms with van der Waals surface area (Å²) < 4.78 is 0. The summed E-state index contributed by atoms with van der Waals surface area (Å²) in [6, 6.07) is 0. The van der Waals surface area contributed by atoms with Crippen LogP contribution >= 0.6 is 0 Å². The van der Waals surface area contributed by atoms with Crippen molar-refractivity contribution in [1.29, 1.82) is 0 Å². The van der Waals surface area contributed by atoms with Crippen LogP contribution in [0.25, 0.3) is 0 Å². The molecule has 310 valence electrons. The van der Waals surface area contributed by atoms with Crippen molar-refractivity contribution in [2.45, 2.75) is 180 Å². The number of carbonyl (C=O) groups excluding carboxylic acids is 5. The molecule has 5 nitrogen and oxygen atoms in total. The highest BCUT2D eigenvalue weighted by molar-refractivity contribution is 5.97. The fourth-order valence-electron chi connectivity index (χ4n) is 8.36. The molecule has 0 heterocycles. The Hall–Kier alpha value is -2.95. The van der Waals surface area contributed by atoms with Crippen LogP contribution in [0.5, 0.6) is 0 Å². The Morgan fingerprint density at radius 2 is 1.04 bits per heavy atom. The maximum Gasteiger partial charge on any atom is 0.159 e. The summed E-state index contributed by atoms with van der Waals surface area (Å²) in [6.07, 6.45) is 20.3. The molecule has 0 aromatic heterocycles. The Kier molecular flexibility index (Phi) is 23.1. The van der Waals surface area contributed by atoms with Crippen molar-refractivity contribution in [3.8, 4) is 0 Å². The first-order chi connectivity index (χ1) is 25.9. The van der Waals surface area contributed by atoms with Crippen LogP contribution in [0.1, 0.15) is 180 Å². The molecule has 5 aliphatic carbocycles. The second-order valence-corrected chi connectivity index (χ2v) is 17.4. The van der Waals surface area contributed by atoms with Gasteiger partial charge in [-0.1, -0.05) is 118 Å². The van der Waals surface area contributed by atoms with E-state index in [-0.39, 0.29) is 11.7 Å². The van der Waals surface area contributed by atoms with Crippen LogP contribution in [-0.2, 0) is 24.0 Å². The van der Waals surface area contributed by atoms with E-state index in [0.29, 0.717) is 64.6 Å².